The van der Waals surface area contributed by atoms with Gasteiger partial charge in [0.15, 0.2) is 11.5 Å². The maximum Gasteiger partial charge on any atom is 0.342 e. The Hall–Kier alpha value is -3.53. The van der Waals surface area contributed by atoms with E-state index >= 15 is 0 Å². The topological polar surface area (TPSA) is 143 Å². The number of carbonyl (C=O) groups is 1. The fraction of sp³-hybridized carbons (Fsp3) is 0.385. The molecule has 2 heterocycles. The number of aromatic nitrogens is 4. The molecule has 0 saturated heterocycles. The van der Waals surface area contributed by atoms with Crippen LogP contribution in [0, 0.1) is 0 Å². The van der Waals surface area contributed by atoms with Crippen molar-refractivity contribution in [3.8, 4) is 5.75 Å². The summed E-state index contributed by atoms with van der Waals surface area (Å²) < 4.78 is 33.6. The highest BCUT2D eigenvalue weighted by Crippen LogP contribution is 2.47. The average Bonchev–Trinajstić information content (AvgIpc) is 3.26. The van der Waals surface area contributed by atoms with Gasteiger partial charge in [0.05, 0.1) is 25.1 Å². The van der Waals surface area contributed by atoms with Crippen molar-refractivity contribution in [1.82, 2.24) is 24.6 Å². The summed E-state index contributed by atoms with van der Waals surface area (Å²) in [6.45, 7) is 8.90. The molecule has 4 rings (SSSR count). The first kappa shape index (κ1) is 27.5. The molecule has 11 nitrogen and oxygen atoms in total. The Morgan fingerprint density at radius 3 is 2.61 bits per heavy atom. The van der Waals surface area contributed by atoms with Gasteiger partial charge in [0.2, 0.25) is 0 Å². The van der Waals surface area contributed by atoms with Gasteiger partial charge in [-0.05, 0) is 46.1 Å². The number of anilines is 1. The summed E-state index contributed by atoms with van der Waals surface area (Å²) in [6, 6.07) is 13.1. The number of esters is 1. The fourth-order valence-corrected chi connectivity index (χ4v) is 5.97. The number of fused-ring (bicyclic) bond motifs is 2. The van der Waals surface area contributed by atoms with E-state index in [0.717, 1.165) is 10.8 Å². The van der Waals surface area contributed by atoms with Crippen molar-refractivity contribution in [2.45, 2.75) is 58.9 Å². The van der Waals surface area contributed by atoms with Crippen molar-refractivity contribution in [3.05, 3.63) is 55.1 Å². The van der Waals surface area contributed by atoms with Gasteiger partial charge in [-0.25, -0.2) is 20.0 Å². The third-order valence-corrected chi connectivity index (χ3v) is 7.59. The Morgan fingerprint density at radius 2 is 1.84 bits per heavy atom. The van der Waals surface area contributed by atoms with Crippen LogP contribution in [0.25, 0.3) is 21.9 Å². The predicted molar refractivity (Wildman–Crippen MR) is 146 cm³/mol. The molecule has 0 bridgehead atoms. The molecule has 3 N–H and O–H groups in total. The second kappa shape index (κ2) is 11.1. The van der Waals surface area contributed by atoms with Crippen LogP contribution in [0.1, 0.15) is 34.6 Å². The van der Waals surface area contributed by atoms with Gasteiger partial charge in [-0.1, -0.05) is 36.4 Å². The van der Waals surface area contributed by atoms with E-state index in [1.807, 2.05) is 43.3 Å². The third kappa shape index (κ3) is 6.30. The van der Waals surface area contributed by atoms with Crippen molar-refractivity contribution in [3.63, 3.8) is 0 Å². The van der Waals surface area contributed by atoms with Crippen molar-refractivity contribution in [2.75, 3.05) is 12.1 Å². The standard InChI is InChI=1S/C26H33N6O5P/c1-17(2)36-25(33)26(4,5)31-38(34,37-21-12-8-10-19-9-6-7-11-20(19)21)16-35-18(3)13-32-15-30-22-23(27)28-14-29-24(22)32/h6-12,14-15,17-18H,13,16H2,1-5H3,(H,31,34)(H2,27,28,29). The molecule has 0 spiro atoms. The van der Waals surface area contributed by atoms with Crippen LogP contribution in [-0.4, -0.2) is 49.6 Å². The van der Waals surface area contributed by atoms with E-state index in [0.29, 0.717) is 23.5 Å². The summed E-state index contributed by atoms with van der Waals surface area (Å²) >= 11 is 0. The van der Waals surface area contributed by atoms with Gasteiger partial charge < -0.3 is 24.3 Å². The molecular weight excluding hydrogens is 507 g/mol. The number of benzene rings is 2. The zero-order valence-corrected chi connectivity index (χ0v) is 23.0. The van der Waals surface area contributed by atoms with Crippen LogP contribution in [0.15, 0.2) is 55.1 Å². The van der Waals surface area contributed by atoms with Gasteiger partial charge >= 0.3 is 13.5 Å². The number of hydrogen-bond acceptors (Lipinski definition) is 9. The number of nitrogens with one attached hydrogen (secondary N) is 1. The summed E-state index contributed by atoms with van der Waals surface area (Å²) in [5.41, 5.74) is 5.64. The minimum Gasteiger partial charge on any atom is -0.462 e. The number of hydrogen-bond donors (Lipinski definition) is 2. The molecule has 0 radical (unpaired) electrons. The highest BCUT2D eigenvalue weighted by atomic mass is 31.2. The summed E-state index contributed by atoms with van der Waals surface area (Å²) in [6.07, 6.45) is 1.92. The first-order chi connectivity index (χ1) is 18.0. The van der Waals surface area contributed by atoms with Crippen molar-refractivity contribution in [2.24, 2.45) is 0 Å². The zero-order chi connectivity index (χ0) is 27.5. The van der Waals surface area contributed by atoms with Crippen LogP contribution in [-0.2, 0) is 25.4 Å². The van der Waals surface area contributed by atoms with Crippen LogP contribution in [0.5, 0.6) is 5.75 Å². The molecule has 0 aliphatic rings. The van der Waals surface area contributed by atoms with Gasteiger partial charge in [0.25, 0.3) is 0 Å². The van der Waals surface area contributed by atoms with Crippen LogP contribution < -0.4 is 15.3 Å². The van der Waals surface area contributed by atoms with Gasteiger partial charge in [0, 0.05) is 5.39 Å². The minimum atomic E-state index is -3.81. The van der Waals surface area contributed by atoms with Gasteiger partial charge in [0.1, 0.15) is 29.5 Å². The van der Waals surface area contributed by atoms with Crippen LogP contribution in [0.4, 0.5) is 5.82 Å². The molecule has 4 aromatic rings. The average molecular weight is 541 g/mol. The van der Waals surface area contributed by atoms with Crippen LogP contribution in [0.2, 0.25) is 0 Å². The summed E-state index contributed by atoms with van der Waals surface area (Å²) in [4.78, 5) is 25.3. The quantitative estimate of drug-likeness (QED) is 0.206. The lowest BCUT2D eigenvalue weighted by atomic mass is 10.1. The number of rotatable bonds is 11. The highest BCUT2D eigenvalue weighted by Gasteiger charge is 2.40. The Labute approximate surface area is 221 Å². The maximum absolute atomic E-state index is 14.3. The molecule has 0 saturated carbocycles. The second-order valence-electron chi connectivity index (χ2n) is 9.87. The molecule has 202 valence electrons. The van der Waals surface area contributed by atoms with E-state index in [1.165, 1.54) is 6.33 Å². The Bertz CT molecular complexity index is 1480. The summed E-state index contributed by atoms with van der Waals surface area (Å²) in [5, 5.41) is 4.63. The number of ether oxygens (including phenoxy) is 2. The van der Waals surface area contributed by atoms with Gasteiger partial charge in [-0.15, -0.1) is 0 Å². The van der Waals surface area contributed by atoms with E-state index in [2.05, 4.69) is 20.0 Å². The smallest absolute Gasteiger partial charge is 0.342 e. The lowest BCUT2D eigenvalue weighted by molar-refractivity contribution is -0.153. The molecule has 0 fully saturated rings. The molecule has 2 atom stereocenters. The van der Waals surface area contributed by atoms with Crippen LogP contribution in [0.3, 0.4) is 0 Å². The van der Waals surface area contributed by atoms with E-state index < -0.39 is 25.1 Å². The minimum absolute atomic E-state index is 0.287. The molecule has 0 aliphatic heterocycles. The molecular formula is C26H33N6O5P. The molecule has 2 aromatic carbocycles. The molecule has 2 unspecified atom stereocenters. The summed E-state index contributed by atoms with van der Waals surface area (Å²) in [7, 11) is -3.81. The fourth-order valence-electron chi connectivity index (χ4n) is 3.94. The lowest BCUT2D eigenvalue weighted by Crippen LogP contribution is -2.48. The summed E-state index contributed by atoms with van der Waals surface area (Å²) in [5.74, 6) is 0.149. The maximum atomic E-state index is 14.3. The van der Waals surface area contributed by atoms with Crippen LogP contribution >= 0.6 is 7.52 Å². The Kier molecular flexibility index (Phi) is 8.01. The molecule has 38 heavy (non-hydrogen) atoms. The van der Waals surface area contributed by atoms with E-state index in [4.69, 9.17) is 19.7 Å². The lowest BCUT2D eigenvalue weighted by Gasteiger charge is -2.31. The van der Waals surface area contributed by atoms with Crippen molar-refractivity contribution < 1.29 is 23.4 Å². The number of nitrogen functional groups attached to an aromatic ring is 1. The van der Waals surface area contributed by atoms with E-state index in [9.17, 15) is 9.36 Å². The SMILES string of the molecule is CC(C)OC(=O)C(C)(C)NP(=O)(COC(C)Cn1cnc2c(N)ncnc21)Oc1cccc2ccccc12. The number of nitrogens with zero attached hydrogens (tertiary/aromatic N) is 4. The first-order valence-electron chi connectivity index (χ1n) is 12.3. The first-order valence-corrected chi connectivity index (χ1v) is 14.1. The second-order valence-corrected chi connectivity index (χ2v) is 11.9. The van der Waals surface area contributed by atoms with E-state index in [-0.39, 0.29) is 18.3 Å². The van der Waals surface area contributed by atoms with Crippen molar-refractivity contribution in [1.29, 1.82) is 0 Å². The predicted octanol–water partition coefficient (Wildman–Crippen LogP) is 4.52. The number of carbonyl (C=O) groups excluding carboxylic acids is 1. The van der Waals surface area contributed by atoms with Gasteiger partial charge in [-0.3, -0.25) is 9.36 Å². The van der Waals surface area contributed by atoms with Crippen molar-refractivity contribution >= 4 is 41.2 Å². The molecule has 0 aliphatic carbocycles. The monoisotopic (exact) mass is 540 g/mol. The van der Waals surface area contributed by atoms with Gasteiger partial charge in [-0.2, -0.15) is 0 Å². The molecule has 0 amide bonds. The largest absolute Gasteiger partial charge is 0.462 e. The number of imidazole rings is 1. The molecule has 2 aromatic heterocycles. The zero-order valence-electron chi connectivity index (χ0n) is 22.1. The molecule has 12 heteroatoms. The normalized spacial score (nSPS) is 14.5. The Morgan fingerprint density at radius 1 is 1.11 bits per heavy atom. The Balaban J connectivity index is 1.57. The number of nitrogens with two attached hydrogens (primary N) is 1. The van der Waals surface area contributed by atoms with E-state index in [1.54, 1.807) is 44.7 Å². The highest BCUT2D eigenvalue weighted by molar-refractivity contribution is 7.57. The third-order valence-electron chi connectivity index (χ3n) is 5.71.